The summed E-state index contributed by atoms with van der Waals surface area (Å²) < 4.78 is 7.12. The van der Waals surface area contributed by atoms with E-state index in [0.29, 0.717) is 5.69 Å². The van der Waals surface area contributed by atoms with E-state index >= 15 is 0 Å². The van der Waals surface area contributed by atoms with Crippen LogP contribution in [0.5, 0.6) is 0 Å². The molecule has 2 aromatic rings. The van der Waals surface area contributed by atoms with Gasteiger partial charge in [-0.25, -0.2) is 14.6 Å². The van der Waals surface area contributed by atoms with E-state index in [1.807, 2.05) is 44.2 Å². The van der Waals surface area contributed by atoms with Crippen LogP contribution in [0.4, 0.5) is 4.79 Å². The van der Waals surface area contributed by atoms with Crippen molar-refractivity contribution in [2.45, 2.75) is 52.4 Å². The van der Waals surface area contributed by atoms with Gasteiger partial charge < -0.3 is 14.4 Å². The van der Waals surface area contributed by atoms with Crippen molar-refractivity contribution in [2.75, 3.05) is 0 Å². The fourth-order valence-electron chi connectivity index (χ4n) is 2.75. The average molecular weight is 359 g/mol. The Morgan fingerprint density at radius 1 is 1.19 bits per heavy atom. The monoisotopic (exact) mass is 359 g/mol. The Labute approximate surface area is 153 Å². The first-order chi connectivity index (χ1) is 12.3. The number of nitrogens with zero attached hydrogens (tertiary/aromatic N) is 3. The summed E-state index contributed by atoms with van der Waals surface area (Å²) in [7, 11) is 0. The van der Waals surface area contributed by atoms with Gasteiger partial charge in [-0.05, 0) is 33.3 Å². The standard InChI is InChI=1S/C19H25N3O4/c1-13(2)21-12-20-10-16(21)17(18(23)24)22(14(3)4)19(25)26-11-15-8-6-5-7-9-15/h5-10,12-14,17H,11H2,1-4H3,(H,23,24). The zero-order valence-corrected chi connectivity index (χ0v) is 15.5. The van der Waals surface area contributed by atoms with Crippen LogP contribution in [0.15, 0.2) is 42.9 Å². The minimum Gasteiger partial charge on any atom is -0.479 e. The summed E-state index contributed by atoms with van der Waals surface area (Å²) in [6.45, 7) is 7.46. The fraction of sp³-hybridized carbons (Fsp3) is 0.421. The molecular weight excluding hydrogens is 334 g/mol. The summed E-state index contributed by atoms with van der Waals surface area (Å²) in [6.07, 6.45) is 2.38. The molecule has 0 aliphatic heterocycles. The molecule has 1 aromatic carbocycles. The summed E-state index contributed by atoms with van der Waals surface area (Å²) >= 11 is 0. The molecular formula is C19H25N3O4. The van der Waals surface area contributed by atoms with Crippen molar-refractivity contribution in [3.63, 3.8) is 0 Å². The number of carbonyl (C=O) groups excluding carboxylic acids is 1. The highest BCUT2D eigenvalue weighted by Crippen LogP contribution is 2.26. The largest absolute Gasteiger partial charge is 0.479 e. The molecule has 7 heteroatoms. The maximum absolute atomic E-state index is 12.7. The quantitative estimate of drug-likeness (QED) is 0.816. The van der Waals surface area contributed by atoms with Gasteiger partial charge in [-0.15, -0.1) is 0 Å². The van der Waals surface area contributed by atoms with E-state index in [-0.39, 0.29) is 18.7 Å². The van der Waals surface area contributed by atoms with Crippen LogP contribution in [0.2, 0.25) is 0 Å². The Hall–Kier alpha value is -2.83. The number of carboxylic acid groups (broad SMARTS) is 1. The van der Waals surface area contributed by atoms with Gasteiger partial charge in [0.1, 0.15) is 6.61 Å². The van der Waals surface area contributed by atoms with Gasteiger partial charge >= 0.3 is 12.1 Å². The molecule has 2 rings (SSSR count). The fourth-order valence-corrected chi connectivity index (χ4v) is 2.75. The second kappa shape index (κ2) is 8.51. The lowest BCUT2D eigenvalue weighted by molar-refractivity contribution is -0.144. The molecule has 7 nitrogen and oxygen atoms in total. The zero-order valence-electron chi connectivity index (χ0n) is 15.5. The van der Waals surface area contributed by atoms with Crippen LogP contribution in [0.1, 0.15) is 51.0 Å². The number of hydrogen-bond donors (Lipinski definition) is 1. The van der Waals surface area contributed by atoms with Crippen LogP contribution in [0, 0.1) is 0 Å². The first-order valence-electron chi connectivity index (χ1n) is 8.56. The zero-order chi connectivity index (χ0) is 19.3. The molecule has 1 atom stereocenters. The third-order valence-electron chi connectivity index (χ3n) is 4.02. The van der Waals surface area contributed by atoms with Gasteiger partial charge in [-0.2, -0.15) is 0 Å². The molecule has 0 fully saturated rings. The molecule has 1 heterocycles. The molecule has 0 saturated carbocycles. The second-order valence-electron chi connectivity index (χ2n) is 6.60. The molecule has 26 heavy (non-hydrogen) atoms. The molecule has 0 spiro atoms. The third-order valence-corrected chi connectivity index (χ3v) is 4.02. The molecule has 0 aliphatic carbocycles. The van der Waals surface area contributed by atoms with E-state index in [2.05, 4.69) is 4.98 Å². The van der Waals surface area contributed by atoms with E-state index in [9.17, 15) is 14.7 Å². The van der Waals surface area contributed by atoms with Crippen molar-refractivity contribution in [3.8, 4) is 0 Å². The van der Waals surface area contributed by atoms with E-state index < -0.39 is 18.1 Å². The maximum atomic E-state index is 12.7. The number of aliphatic carboxylic acids is 1. The van der Waals surface area contributed by atoms with Gasteiger partial charge in [0.15, 0.2) is 6.04 Å². The summed E-state index contributed by atoms with van der Waals surface area (Å²) in [6, 6.07) is 7.74. The lowest BCUT2D eigenvalue weighted by Crippen LogP contribution is -2.44. The number of carbonyl (C=O) groups is 2. The number of amides is 1. The van der Waals surface area contributed by atoms with Crippen molar-refractivity contribution >= 4 is 12.1 Å². The lowest BCUT2D eigenvalue weighted by atomic mass is 10.1. The molecule has 1 amide bonds. The summed E-state index contributed by atoms with van der Waals surface area (Å²) in [5.74, 6) is -1.13. The summed E-state index contributed by atoms with van der Waals surface area (Å²) in [5, 5.41) is 9.81. The maximum Gasteiger partial charge on any atom is 0.411 e. The van der Waals surface area contributed by atoms with Crippen molar-refractivity contribution in [3.05, 3.63) is 54.1 Å². The highest BCUT2D eigenvalue weighted by molar-refractivity contribution is 5.81. The molecule has 1 aromatic heterocycles. The number of rotatable bonds is 7. The first-order valence-corrected chi connectivity index (χ1v) is 8.56. The molecule has 1 N–H and O–H groups in total. The topological polar surface area (TPSA) is 84.7 Å². The van der Waals surface area contributed by atoms with Gasteiger partial charge in [0, 0.05) is 12.1 Å². The minimum absolute atomic E-state index is 0.0173. The van der Waals surface area contributed by atoms with Gasteiger partial charge in [0.2, 0.25) is 0 Å². The minimum atomic E-state index is -1.18. The van der Waals surface area contributed by atoms with E-state index in [1.165, 1.54) is 11.1 Å². The van der Waals surface area contributed by atoms with E-state index in [0.717, 1.165) is 5.56 Å². The number of imidazole rings is 1. The molecule has 0 aliphatic rings. The molecule has 0 saturated heterocycles. The van der Waals surface area contributed by atoms with Crippen LogP contribution in [0.3, 0.4) is 0 Å². The first kappa shape index (κ1) is 19.5. The number of ether oxygens (including phenoxy) is 1. The van der Waals surface area contributed by atoms with Gasteiger partial charge in [0.05, 0.1) is 18.2 Å². The number of aromatic nitrogens is 2. The Kier molecular flexibility index (Phi) is 6.38. The van der Waals surface area contributed by atoms with Gasteiger partial charge in [0.25, 0.3) is 0 Å². The van der Waals surface area contributed by atoms with Gasteiger partial charge in [-0.3, -0.25) is 4.90 Å². The molecule has 1 unspecified atom stereocenters. The summed E-state index contributed by atoms with van der Waals surface area (Å²) in [5.41, 5.74) is 1.28. The van der Waals surface area contributed by atoms with Crippen LogP contribution in [-0.4, -0.2) is 37.7 Å². The van der Waals surface area contributed by atoms with Crippen molar-refractivity contribution < 1.29 is 19.4 Å². The average Bonchev–Trinajstić information content (AvgIpc) is 3.07. The van der Waals surface area contributed by atoms with Crippen molar-refractivity contribution in [1.29, 1.82) is 0 Å². The smallest absolute Gasteiger partial charge is 0.411 e. The third kappa shape index (κ3) is 4.41. The lowest BCUT2D eigenvalue weighted by Gasteiger charge is -2.32. The highest BCUT2D eigenvalue weighted by atomic mass is 16.6. The Morgan fingerprint density at radius 2 is 1.85 bits per heavy atom. The van der Waals surface area contributed by atoms with Crippen LogP contribution >= 0.6 is 0 Å². The van der Waals surface area contributed by atoms with E-state index in [4.69, 9.17) is 4.74 Å². The summed E-state index contributed by atoms with van der Waals surface area (Å²) in [4.78, 5) is 30.0. The molecule has 0 bridgehead atoms. The van der Waals surface area contributed by atoms with E-state index in [1.54, 1.807) is 24.7 Å². The second-order valence-corrected chi connectivity index (χ2v) is 6.60. The van der Waals surface area contributed by atoms with Crippen molar-refractivity contribution in [2.24, 2.45) is 0 Å². The molecule has 140 valence electrons. The van der Waals surface area contributed by atoms with Crippen LogP contribution in [0.25, 0.3) is 0 Å². The number of hydrogen-bond acceptors (Lipinski definition) is 4. The van der Waals surface area contributed by atoms with Crippen molar-refractivity contribution in [1.82, 2.24) is 14.5 Å². The Morgan fingerprint density at radius 3 is 2.38 bits per heavy atom. The predicted octanol–water partition coefficient (Wildman–Crippen LogP) is 3.64. The normalized spacial score (nSPS) is 12.2. The highest BCUT2D eigenvalue weighted by Gasteiger charge is 2.36. The Balaban J connectivity index is 2.28. The number of carboxylic acids is 1. The molecule has 0 radical (unpaired) electrons. The number of benzene rings is 1. The van der Waals surface area contributed by atoms with Gasteiger partial charge in [-0.1, -0.05) is 30.3 Å². The Bertz CT molecular complexity index is 740. The van der Waals surface area contributed by atoms with Crippen LogP contribution in [-0.2, 0) is 16.1 Å². The van der Waals surface area contributed by atoms with Crippen LogP contribution < -0.4 is 0 Å². The SMILES string of the molecule is CC(C)N(C(=O)OCc1ccccc1)C(C(=O)O)c1cncn1C(C)C. The predicted molar refractivity (Wildman–Crippen MR) is 96.6 cm³/mol.